The first kappa shape index (κ1) is 20.0. The average molecular weight is 399 g/mol. The molecule has 1 aliphatic heterocycles. The predicted molar refractivity (Wildman–Crippen MR) is 109 cm³/mol. The molecule has 1 aliphatic rings. The highest BCUT2D eigenvalue weighted by Crippen LogP contribution is 2.16. The highest BCUT2D eigenvalue weighted by molar-refractivity contribution is 6.30. The van der Waals surface area contributed by atoms with Crippen LogP contribution in [-0.4, -0.2) is 30.1 Å². The van der Waals surface area contributed by atoms with Crippen molar-refractivity contribution in [2.75, 3.05) is 13.2 Å². The van der Waals surface area contributed by atoms with Crippen molar-refractivity contribution in [1.82, 2.24) is 10.2 Å². The Bertz CT molecular complexity index is 821. The summed E-state index contributed by atoms with van der Waals surface area (Å²) < 4.78 is 5.55. The molecule has 2 aromatic rings. The average Bonchev–Trinajstić information content (AvgIpc) is 2.71. The molecule has 0 aliphatic carbocycles. The number of nitrogens with zero attached hydrogens (tertiary/aromatic N) is 1. The van der Waals surface area contributed by atoms with Gasteiger partial charge in [0.2, 0.25) is 5.91 Å². The zero-order valence-electron chi connectivity index (χ0n) is 15.5. The van der Waals surface area contributed by atoms with Crippen molar-refractivity contribution in [1.29, 1.82) is 0 Å². The van der Waals surface area contributed by atoms with E-state index < -0.39 is 6.09 Å². The van der Waals surface area contributed by atoms with Gasteiger partial charge in [-0.2, -0.15) is 0 Å². The van der Waals surface area contributed by atoms with Crippen LogP contribution in [0.5, 0.6) is 0 Å². The van der Waals surface area contributed by atoms with Crippen molar-refractivity contribution in [2.45, 2.75) is 25.4 Å². The van der Waals surface area contributed by atoms with Gasteiger partial charge < -0.3 is 15.0 Å². The lowest BCUT2D eigenvalue weighted by atomic mass is 10.1. The van der Waals surface area contributed by atoms with Crippen LogP contribution in [0.15, 0.2) is 66.7 Å². The molecule has 28 heavy (non-hydrogen) atoms. The Hall–Kier alpha value is -2.79. The third-order valence-electron chi connectivity index (χ3n) is 4.49. The minimum Gasteiger partial charge on any atom is -0.447 e. The quantitative estimate of drug-likeness (QED) is 0.775. The number of ether oxygens (including phenoxy) is 1. The maximum atomic E-state index is 12.7. The summed E-state index contributed by atoms with van der Waals surface area (Å²) in [6.07, 6.45) is 4.40. The number of cyclic esters (lactones) is 1. The van der Waals surface area contributed by atoms with Crippen molar-refractivity contribution in [3.05, 3.63) is 82.9 Å². The number of hydrogen-bond acceptors (Lipinski definition) is 3. The first-order valence-electron chi connectivity index (χ1n) is 9.27. The lowest BCUT2D eigenvalue weighted by Gasteiger charge is -2.24. The highest BCUT2D eigenvalue weighted by Gasteiger charge is 2.20. The van der Waals surface area contributed by atoms with Gasteiger partial charge >= 0.3 is 6.09 Å². The standard InChI is InChI=1S/C22H23ClN2O3/c23-19-12-10-17(11-13-19)15-25-14-6-2-5-9-21(26)24-20(16-28-22(25)27)18-7-3-1-4-8-18/h1-4,6-8,10-13,20H,5,9,14-16H2,(H,24,26)/b6-2+/t20-/m0/s1. The Morgan fingerprint density at radius 1 is 1.04 bits per heavy atom. The molecule has 2 aromatic carbocycles. The number of halogens is 1. The van der Waals surface area contributed by atoms with E-state index >= 15 is 0 Å². The van der Waals surface area contributed by atoms with Crippen LogP contribution in [0.1, 0.15) is 30.0 Å². The molecule has 0 bridgehead atoms. The first-order valence-corrected chi connectivity index (χ1v) is 9.65. The van der Waals surface area contributed by atoms with E-state index in [1.807, 2.05) is 54.6 Å². The molecule has 3 rings (SSSR count). The van der Waals surface area contributed by atoms with Crippen molar-refractivity contribution in [3.63, 3.8) is 0 Å². The van der Waals surface area contributed by atoms with Gasteiger partial charge in [-0.25, -0.2) is 4.79 Å². The van der Waals surface area contributed by atoms with Crippen LogP contribution in [-0.2, 0) is 16.1 Å². The van der Waals surface area contributed by atoms with E-state index in [1.165, 1.54) is 0 Å². The Morgan fingerprint density at radius 2 is 1.79 bits per heavy atom. The van der Waals surface area contributed by atoms with Gasteiger partial charge in [0.25, 0.3) is 0 Å². The first-order chi connectivity index (χ1) is 13.6. The number of benzene rings is 2. The van der Waals surface area contributed by atoms with Crippen LogP contribution in [0.2, 0.25) is 5.02 Å². The molecule has 0 aromatic heterocycles. The van der Waals surface area contributed by atoms with Gasteiger partial charge in [-0.05, 0) is 29.7 Å². The maximum Gasteiger partial charge on any atom is 0.410 e. The molecule has 5 nitrogen and oxygen atoms in total. The van der Waals surface area contributed by atoms with Gasteiger partial charge in [-0.1, -0.05) is 66.2 Å². The summed E-state index contributed by atoms with van der Waals surface area (Å²) >= 11 is 5.94. The number of allylic oxidation sites excluding steroid dienone is 1. The number of carbonyl (C=O) groups is 2. The number of rotatable bonds is 3. The molecule has 6 heteroatoms. The third kappa shape index (κ3) is 5.86. The van der Waals surface area contributed by atoms with E-state index in [0.717, 1.165) is 11.1 Å². The summed E-state index contributed by atoms with van der Waals surface area (Å²) in [6, 6.07) is 16.5. The molecule has 1 N–H and O–H groups in total. The largest absolute Gasteiger partial charge is 0.447 e. The molecule has 0 spiro atoms. The van der Waals surface area contributed by atoms with E-state index in [4.69, 9.17) is 16.3 Å². The van der Waals surface area contributed by atoms with E-state index in [9.17, 15) is 9.59 Å². The second-order valence-corrected chi connectivity index (χ2v) is 7.06. The SMILES string of the molecule is O=C1CC/C=C/CN(Cc2ccc(Cl)cc2)C(=O)OC[C@@H](c2ccccc2)N1. The van der Waals surface area contributed by atoms with Gasteiger partial charge in [-0.3, -0.25) is 4.79 Å². The van der Waals surface area contributed by atoms with E-state index in [0.29, 0.717) is 31.0 Å². The van der Waals surface area contributed by atoms with Gasteiger partial charge in [0, 0.05) is 24.5 Å². The fourth-order valence-corrected chi connectivity index (χ4v) is 3.09. The Morgan fingerprint density at radius 3 is 2.54 bits per heavy atom. The van der Waals surface area contributed by atoms with Crippen molar-refractivity contribution in [2.24, 2.45) is 0 Å². The zero-order chi connectivity index (χ0) is 19.8. The molecule has 1 heterocycles. The van der Waals surface area contributed by atoms with E-state index in [1.54, 1.807) is 17.0 Å². The fourth-order valence-electron chi connectivity index (χ4n) is 2.97. The molecular formula is C22H23ClN2O3. The normalized spacial score (nSPS) is 19.8. The minimum atomic E-state index is -0.421. The van der Waals surface area contributed by atoms with Gasteiger partial charge in [0.1, 0.15) is 6.61 Å². The van der Waals surface area contributed by atoms with Crippen LogP contribution in [0, 0.1) is 0 Å². The molecule has 0 saturated carbocycles. The second-order valence-electron chi connectivity index (χ2n) is 6.62. The van der Waals surface area contributed by atoms with Crippen LogP contribution in [0.3, 0.4) is 0 Å². The maximum absolute atomic E-state index is 12.7. The zero-order valence-corrected chi connectivity index (χ0v) is 16.3. The van der Waals surface area contributed by atoms with Crippen molar-refractivity contribution in [3.8, 4) is 0 Å². The van der Waals surface area contributed by atoms with Gasteiger partial charge in [0.15, 0.2) is 0 Å². The predicted octanol–water partition coefficient (Wildman–Crippen LogP) is 4.49. The molecule has 0 radical (unpaired) electrons. The summed E-state index contributed by atoms with van der Waals surface area (Å²) in [7, 11) is 0. The van der Waals surface area contributed by atoms with Gasteiger partial charge in [-0.15, -0.1) is 0 Å². The van der Waals surface area contributed by atoms with E-state index in [-0.39, 0.29) is 18.6 Å². The smallest absolute Gasteiger partial charge is 0.410 e. The number of carbonyl (C=O) groups excluding carboxylic acids is 2. The fraction of sp³-hybridized carbons (Fsp3) is 0.273. The monoisotopic (exact) mass is 398 g/mol. The highest BCUT2D eigenvalue weighted by atomic mass is 35.5. The number of amides is 2. The molecule has 2 amide bonds. The molecular weight excluding hydrogens is 376 g/mol. The Balaban J connectivity index is 1.75. The number of nitrogens with one attached hydrogen (secondary N) is 1. The van der Waals surface area contributed by atoms with Crippen molar-refractivity contribution >= 4 is 23.6 Å². The van der Waals surface area contributed by atoms with Crippen LogP contribution in [0.4, 0.5) is 4.79 Å². The molecule has 0 fully saturated rings. The summed E-state index contributed by atoms with van der Waals surface area (Å²) in [6.45, 7) is 0.914. The topological polar surface area (TPSA) is 58.6 Å². The molecule has 146 valence electrons. The molecule has 1 atom stereocenters. The van der Waals surface area contributed by atoms with Gasteiger partial charge in [0.05, 0.1) is 6.04 Å². The molecule has 0 unspecified atom stereocenters. The number of hydrogen-bond donors (Lipinski definition) is 1. The van der Waals surface area contributed by atoms with Crippen LogP contribution >= 0.6 is 11.6 Å². The molecule has 0 saturated heterocycles. The second kappa shape index (κ2) is 9.95. The Kier molecular flexibility index (Phi) is 7.09. The third-order valence-corrected chi connectivity index (χ3v) is 4.74. The lowest BCUT2D eigenvalue weighted by molar-refractivity contribution is -0.122. The van der Waals surface area contributed by atoms with Crippen LogP contribution < -0.4 is 5.32 Å². The van der Waals surface area contributed by atoms with Crippen LogP contribution in [0.25, 0.3) is 0 Å². The minimum absolute atomic E-state index is 0.0619. The summed E-state index contributed by atoms with van der Waals surface area (Å²) in [5.74, 6) is -0.0619. The summed E-state index contributed by atoms with van der Waals surface area (Å²) in [4.78, 5) is 26.5. The van der Waals surface area contributed by atoms with E-state index in [2.05, 4.69) is 5.32 Å². The Labute approximate surface area is 169 Å². The summed E-state index contributed by atoms with van der Waals surface area (Å²) in [5, 5.41) is 3.61. The lowest BCUT2D eigenvalue weighted by Crippen LogP contribution is -2.36. The summed E-state index contributed by atoms with van der Waals surface area (Å²) in [5.41, 5.74) is 1.87. The van der Waals surface area contributed by atoms with Crippen molar-refractivity contribution < 1.29 is 14.3 Å².